The van der Waals surface area contributed by atoms with Crippen molar-refractivity contribution in [3.05, 3.63) is 62.4 Å². The highest BCUT2D eigenvalue weighted by Gasteiger charge is 2.01. The first-order valence-corrected chi connectivity index (χ1v) is 6.03. The van der Waals surface area contributed by atoms with Gasteiger partial charge in [0.15, 0.2) is 0 Å². The lowest BCUT2D eigenvalue weighted by atomic mass is 10.1. The van der Waals surface area contributed by atoms with E-state index >= 15 is 0 Å². The Bertz CT molecular complexity index is 668. The van der Waals surface area contributed by atoms with Gasteiger partial charge in [0.2, 0.25) is 0 Å². The minimum absolute atomic E-state index is 0.328. The number of nitrogens with zero attached hydrogens (tertiary/aromatic N) is 1. The second-order valence-electron chi connectivity index (χ2n) is 4.36. The number of hydrogen-bond acceptors (Lipinski definition) is 3. The van der Waals surface area contributed by atoms with Gasteiger partial charge in [-0.2, -0.15) is 0 Å². The maximum absolute atomic E-state index is 11.6. The van der Waals surface area contributed by atoms with Crippen LogP contribution >= 0.6 is 0 Å². The summed E-state index contributed by atoms with van der Waals surface area (Å²) in [6.07, 6.45) is 2.31. The topological polar surface area (TPSA) is 64.1 Å². The van der Waals surface area contributed by atoms with Crippen LogP contribution in [0.2, 0.25) is 0 Å². The van der Waals surface area contributed by atoms with Crippen molar-refractivity contribution in [2.24, 2.45) is 0 Å². The first-order valence-electron chi connectivity index (χ1n) is 6.03. The molecule has 5 nitrogen and oxygen atoms in total. The number of H-pyrrole nitrogens is 1. The Morgan fingerprint density at radius 1 is 1.21 bits per heavy atom. The number of hydrogen-bond donors (Lipinski definition) is 1. The van der Waals surface area contributed by atoms with E-state index in [9.17, 15) is 9.59 Å². The zero-order valence-corrected chi connectivity index (χ0v) is 11.0. The summed E-state index contributed by atoms with van der Waals surface area (Å²) in [7, 11) is 1.62. The molecule has 0 radical (unpaired) electrons. The largest absolute Gasteiger partial charge is 0.497 e. The lowest BCUT2D eigenvalue weighted by molar-refractivity contribution is 0.414. The van der Waals surface area contributed by atoms with Crippen LogP contribution in [-0.4, -0.2) is 16.7 Å². The van der Waals surface area contributed by atoms with Crippen LogP contribution in [0.1, 0.15) is 11.1 Å². The molecule has 100 valence electrons. The third-order valence-electron chi connectivity index (χ3n) is 2.99. The van der Waals surface area contributed by atoms with E-state index in [4.69, 9.17) is 4.74 Å². The van der Waals surface area contributed by atoms with Gasteiger partial charge in [0.25, 0.3) is 5.56 Å². The Morgan fingerprint density at radius 2 is 1.89 bits per heavy atom. The molecule has 0 unspecified atom stereocenters. The average molecular weight is 260 g/mol. The van der Waals surface area contributed by atoms with Crippen LogP contribution in [0.3, 0.4) is 0 Å². The maximum Gasteiger partial charge on any atom is 0.328 e. The Morgan fingerprint density at radius 3 is 2.53 bits per heavy atom. The first kappa shape index (κ1) is 13.1. The van der Waals surface area contributed by atoms with Crippen LogP contribution in [0.4, 0.5) is 0 Å². The fourth-order valence-electron chi connectivity index (χ4n) is 1.83. The smallest absolute Gasteiger partial charge is 0.328 e. The molecule has 5 heteroatoms. The van der Waals surface area contributed by atoms with E-state index in [-0.39, 0.29) is 11.2 Å². The number of aryl methyl sites for hydroxylation is 3. The van der Waals surface area contributed by atoms with Gasteiger partial charge in [-0.25, -0.2) is 4.79 Å². The SMILES string of the molecule is COc1ccc(CCn2cc(C)c(=O)[nH]c2=O)cc1. The van der Waals surface area contributed by atoms with E-state index < -0.39 is 0 Å². The maximum atomic E-state index is 11.6. The molecule has 2 rings (SSSR count). The van der Waals surface area contributed by atoms with Gasteiger partial charge in [-0.3, -0.25) is 14.3 Å². The number of nitrogens with one attached hydrogen (secondary N) is 1. The molecule has 2 aromatic rings. The number of rotatable bonds is 4. The highest BCUT2D eigenvalue weighted by atomic mass is 16.5. The molecule has 1 aromatic carbocycles. The molecule has 0 spiro atoms. The zero-order chi connectivity index (χ0) is 13.8. The molecule has 0 aliphatic carbocycles. The molecule has 1 N–H and O–H groups in total. The first-order chi connectivity index (χ1) is 9.10. The van der Waals surface area contributed by atoms with Crippen LogP contribution in [0.15, 0.2) is 40.1 Å². The van der Waals surface area contributed by atoms with E-state index in [0.29, 0.717) is 12.1 Å². The van der Waals surface area contributed by atoms with Crippen LogP contribution in [-0.2, 0) is 13.0 Å². The lowest BCUT2D eigenvalue weighted by Gasteiger charge is -2.06. The highest BCUT2D eigenvalue weighted by molar-refractivity contribution is 5.27. The van der Waals surface area contributed by atoms with Gasteiger partial charge in [-0.15, -0.1) is 0 Å². The molecule has 0 amide bonds. The van der Waals surface area contributed by atoms with Gasteiger partial charge < -0.3 is 4.74 Å². The fraction of sp³-hybridized carbons (Fsp3) is 0.286. The van der Waals surface area contributed by atoms with E-state index in [0.717, 1.165) is 17.7 Å². The molecular weight excluding hydrogens is 244 g/mol. The summed E-state index contributed by atoms with van der Waals surface area (Å²) in [5.74, 6) is 0.806. The quantitative estimate of drug-likeness (QED) is 0.895. The minimum Gasteiger partial charge on any atom is -0.497 e. The van der Waals surface area contributed by atoms with Crippen LogP contribution in [0, 0.1) is 6.92 Å². The number of aromatic nitrogens is 2. The van der Waals surface area contributed by atoms with E-state index in [1.54, 1.807) is 20.2 Å². The molecule has 0 atom stereocenters. The number of ether oxygens (including phenoxy) is 1. The Kier molecular flexibility index (Phi) is 3.85. The third kappa shape index (κ3) is 3.13. The third-order valence-corrected chi connectivity index (χ3v) is 2.99. The van der Waals surface area contributed by atoms with Crippen molar-refractivity contribution in [3.8, 4) is 5.75 Å². The molecule has 0 saturated heterocycles. The number of methoxy groups -OCH3 is 1. The summed E-state index contributed by atoms with van der Waals surface area (Å²) in [6.45, 7) is 2.21. The minimum atomic E-state index is -0.371. The van der Waals surface area contributed by atoms with E-state index in [1.807, 2.05) is 24.3 Å². The molecule has 19 heavy (non-hydrogen) atoms. The Balaban J connectivity index is 2.12. The molecule has 1 aromatic heterocycles. The van der Waals surface area contributed by atoms with Gasteiger partial charge in [-0.05, 0) is 31.0 Å². The van der Waals surface area contributed by atoms with Gasteiger partial charge >= 0.3 is 5.69 Å². The van der Waals surface area contributed by atoms with Gasteiger partial charge in [0.05, 0.1) is 7.11 Å². The summed E-state index contributed by atoms with van der Waals surface area (Å²) < 4.78 is 6.60. The van der Waals surface area contributed by atoms with Crippen molar-refractivity contribution in [1.82, 2.24) is 9.55 Å². The van der Waals surface area contributed by atoms with Crippen molar-refractivity contribution in [3.63, 3.8) is 0 Å². The Hall–Kier alpha value is -2.30. The predicted octanol–water partition coefficient (Wildman–Crippen LogP) is 1.10. The van der Waals surface area contributed by atoms with Crippen molar-refractivity contribution in [1.29, 1.82) is 0 Å². The van der Waals surface area contributed by atoms with Crippen molar-refractivity contribution in [2.75, 3.05) is 7.11 Å². The number of aromatic amines is 1. The molecule has 1 heterocycles. The van der Waals surface area contributed by atoms with Crippen molar-refractivity contribution in [2.45, 2.75) is 19.9 Å². The molecule has 0 saturated carbocycles. The van der Waals surface area contributed by atoms with Crippen LogP contribution in [0.25, 0.3) is 0 Å². The average Bonchev–Trinajstić information content (AvgIpc) is 2.42. The van der Waals surface area contributed by atoms with Crippen molar-refractivity contribution >= 4 is 0 Å². The normalized spacial score (nSPS) is 10.4. The summed E-state index contributed by atoms with van der Waals surface area (Å²) in [5, 5.41) is 0. The van der Waals surface area contributed by atoms with Crippen molar-refractivity contribution < 1.29 is 4.74 Å². The second-order valence-corrected chi connectivity index (χ2v) is 4.36. The number of benzene rings is 1. The summed E-state index contributed by atoms with van der Waals surface area (Å²) in [5.41, 5.74) is 0.945. The van der Waals surface area contributed by atoms with Crippen LogP contribution < -0.4 is 16.0 Å². The van der Waals surface area contributed by atoms with E-state index in [2.05, 4.69) is 4.98 Å². The summed E-state index contributed by atoms with van der Waals surface area (Å²) in [4.78, 5) is 25.1. The molecule has 0 aliphatic heterocycles. The van der Waals surface area contributed by atoms with Gasteiger partial charge in [0.1, 0.15) is 5.75 Å². The summed E-state index contributed by atoms with van der Waals surface area (Å²) in [6, 6.07) is 7.69. The fourth-order valence-corrected chi connectivity index (χ4v) is 1.83. The molecule has 0 bridgehead atoms. The van der Waals surface area contributed by atoms with Gasteiger partial charge in [0, 0.05) is 18.3 Å². The highest BCUT2D eigenvalue weighted by Crippen LogP contribution is 2.11. The van der Waals surface area contributed by atoms with E-state index in [1.165, 1.54) is 4.57 Å². The predicted molar refractivity (Wildman–Crippen MR) is 72.8 cm³/mol. The molecular formula is C14H16N2O3. The Labute approximate surface area is 110 Å². The van der Waals surface area contributed by atoms with Gasteiger partial charge in [-0.1, -0.05) is 12.1 Å². The lowest BCUT2D eigenvalue weighted by Crippen LogP contribution is -2.31. The monoisotopic (exact) mass is 260 g/mol. The van der Waals surface area contributed by atoms with Crippen LogP contribution in [0.5, 0.6) is 5.75 Å². The molecule has 0 aliphatic rings. The zero-order valence-electron chi connectivity index (χ0n) is 11.0. The standard InChI is InChI=1S/C14H16N2O3/c1-10-9-16(14(18)15-13(10)17)8-7-11-3-5-12(19-2)6-4-11/h3-6,9H,7-8H2,1-2H3,(H,15,17,18). The molecule has 0 fully saturated rings. The summed E-state index contributed by atoms with van der Waals surface area (Å²) >= 11 is 0. The second kappa shape index (κ2) is 5.56.